The van der Waals surface area contributed by atoms with Crippen molar-refractivity contribution in [1.29, 1.82) is 0 Å². The molecule has 1 aromatic heterocycles. The molecular weight excluding hydrogens is 418 g/mol. The summed E-state index contributed by atoms with van der Waals surface area (Å²) in [6.07, 6.45) is 2.94. The largest absolute Gasteiger partial charge is 0.507 e. The first kappa shape index (κ1) is 21.6. The number of phenols is 1. The fourth-order valence-electron chi connectivity index (χ4n) is 4.66. The Labute approximate surface area is 192 Å². The van der Waals surface area contributed by atoms with E-state index in [1.807, 2.05) is 12.1 Å². The van der Waals surface area contributed by atoms with Crippen LogP contribution in [-0.2, 0) is 0 Å². The third-order valence-electron chi connectivity index (χ3n) is 6.53. The lowest BCUT2D eigenvalue weighted by Gasteiger charge is -2.29. The molecule has 5 rings (SSSR count). The Morgan fingerprint density at radius 3 is 2.52 bits per heavy atom. The smallest absolute Gasteiger partial charge is 0.197 e. The summed E-state index contributed by atoms with van der Waals surface area (Å²) < 4.78 is 11.9. The number of hydrogen-bond acceptors (Lipinski definition) is 7. The quantitative estimate of drug-likeness (QED) is 0.635. The third-order valence-corrected chi connectivity index (χ3v) is 6.53. The Morgan fingerprint density at radius 1 is 1.09 bits per heavy atom. The maximum absolute atomic E-state index is 13.1. The topological polar surface area (TPSA) is 78.2 Å². The number of likely N-dealkylation sites (N-methyl/N-ethyl adjacent to an activating group) is 1. The van der Waals surface area contributed by atoms with Gasteiger partial charge in [0.1, 0.15) is 22.6 Å². The van der Waals surface area contributed by atoms with Crippen LogP contribution in [0.3, 0.4) is 0 Å². The zero-order valence-electron chi connectivity index (χ0n) is 19.1. The lowest BCUT2D eigenvalue weighted by molar-refractivity contribution is 0.368. The van der Waals surface area contributed by atoms with Crippen molar-refractivity contribution in [3.05, 3.63) is 58.3 Å². The van der Waals surface area contributed by atoms with Crippen LogP contribution in [0.2, 0.25) is 0 Å². The molecule has 0 atom stereocenters. The first-order chi connectivity index (χ1) is 16.0. The van der Waals surface area contributed by atoms with Crippen molar-refractivity contribution in [1.82, 2.24) is 10.2 Å². The maximum Gasteiger partial charge on any atom is 0.197 e. The number of ether oxygens (including phenoxy) is 1. The number of fused-ring (bicyclic) bond motifs is 1. The van der Waals surface area contributed by atoms with Gasteiger partial charge < -0.3 is 29.4 Å². The molecule has 0 spiro atoms. The molecule has 7 nitrogen and oxygen atoms in total. The second-order valence-corrected chi connectivity index (χ2v) is 8.68. The van der Waals surface area contributed by atoms with E-state index in [0.717, 1.165) is 68.1 Å². The van der Waals surface area contributed by atoms with Gasteiger partial charge in [-0.1, -0.05) is 6.08 Å². The molecule has 0 bridgehead atoms. The van der Waals surface area contributed by atoms with Crippen LogP contribution in [0.4, 0.5) is 5.69 Å². The minimum absolute atomic E-state index is 0.131. The molecule has 0 saturated carbocycles. The molecule has 0 radical (unpaired) electrons. The summed E-state index contributed by atoms with van der Waals surface area (Å²) >= 11 is 0. The Kier molecular flexibility index (Phi) is 5.83. The Bertz CT molecular complexity index is 1260. The summed E-state index contributed by atoms with van der Waals surface area (Å²) in [5.74, 6) is 0.848. The highest BCUT2D eigenvalue weighted by molar-refractivity contribution is 5.97. The highest BCUT2D eigenvalue weighted by Gasteiger charge is 2.23. The summed E-state index contributed by atoms with van der Waals surface area (Å²) in [5.41, 5.74) is 3.88. The van der Waals surface area contributed by atoms with E-state index in [2.05, 4.69) is 40.4 Å². The van der Waals surface area contributed by atoms with Gasteiger partial charge in [0.15, 0.2) is 11.0 Å². The second kappa shape index (κ2) is 8.92. The molecule has 7 heteroatoms. The molecule has 33 heavy (non-hydrogen) atoms. The molecule has 1 fully saturated rings. The van der Waals surface area contributed by atoms with Crippen LogP contribution in [0, 0.1) is 0 Å². The van der Waals surface area contributed by atoms with Crippen molar-refractivity contribution in [3.8, 4) is 22.8 Å². The van der Waals surface area contributed by atoms with Gasteiger partial charge in [-0.15, -0.1) is 0 Å². The van der Waals surface area contributed by atoms with Gasteiger partial charge in [-0.25, -0.2) is 0 Å². The standard InChI is InChI=1S/C26H29N3O4/c1-28-11-7-18(8-12-28)24-23(32-2)16-21(31)25-20(30)15-22(33-26(24)25)17-3-5-19(6-4-17)29-13-9-27-10-14-29/h3-7,15-16,27,31H,8-14H2,1-2H3. The molecule has 3 heterocycles. The van der Waals surface area contributed by atoms with Crippen LogP contribution >= 0.6 is 0 Å². The second-order valence-electron chi connectivity index (χ2n) is 8.68. The summed E-state index contributed by atoms with van der Waals surface area (Å²) in [6, 6.07) is 11.1. The molecule has 0 aliphatic carbocycles. The first-order valence-electron chi connectivity index (χ1n) is 11.4. The predicted molar refractivity (Wildman–Crippen MR) is 131 cm³/mol. The van der Waals surface area contributed by atoms with Crippen LogP contribution < -0.4 is 20.4 Å². The minimum Gasteiger partial charge on any atom is -0.507 e. The van der Waals surface area contributed by atoms with E-state index in [1.54, 1.807) is 7.11 Å². The highest BCUT2D eigenvalue weighted by atomic mass is 16.5. The van der Waals surface area contributed by atoms with Crippen LogP contribution in [0.1, 0.15) is 12.0 Å². The monoisotopic (exact) mass is 447 g/mol. The van der Waals surface area contributed by atoms with Crippen molar-refractivity contribution in [3.63, 3.8) is 0 Å². The fraction of sp³-hybridized carbons (Fsp3) is 0.346. The van der Waals surface area contributed by atoms with Gasteiger partial charge >= 0.3 is 0 Å². The Morgan fingerprint density at radius 2 is 1.85 bits per heavy atom. The number of phenolic OH excluding ortho intramolecular Hbond substituents is 1. The van der Waals surface area contributed by atoms with Crippen molar-refractivity contribution >= 4 is 22.2 Å². The molecule has 2 aliphatic rings. The SMILES string of the molecule is COc1cc(O)c2c(=O)cc(-c3ccc(N4CCNCC4)cc3)oc2c1C1=CCN(C)CC1. The van der Waals surface area contributed by atoms with Crippen molar-refractivity contribution in [2.45, 2.75) is 6.42 Å². The number of benzene rings is 2. The number of hydrogen-bond donors (Lipinski definition) is 2. The molecule has 3 aromatic rings. The van der Waals surface area contributed by atoms with Crippen LogP contribution in [0.25, 0.3) is 27.9 Å². The maximum atomic E-state index is 13.1. The number of nitrogens with one attached hydrogen (secondary N) is 1. The lowest BCUT2D eigenvalue weighted by Crippen LogP contribution is -2.43. The Hall–Kier alpha value is -3.29. The Balaban J connectivity index is 1.63. The van der Waals surface area contributed by atoms with E-state index in [4.69, 9.17) is 9.15 Å². The predicted octanol–water partition coefficient (Wildman–Crippen LogP) is 3.30. The van der Waals surface area contributed by atoms with Gasteiger partial charge in [0.25, 0.3) is 0 Å². The summed E-state index contributed by atoms with van der Waals surface area (Å²) in [5, 5.41) is 14.1. The molecule has 172 valence electrons. The normalized spacial score (nSPS) is 17.3. The lowest BCUT2D eigenvalue weighted by atomic mass is 9.95. The van der Waals surface area contributed by atoms with E-state index in [0.29, 0.717) is 17.1 Å². The minimum atomic E-state index is -0.271. The molecule has 0 unspecified atom stereocenters. The molecule has 0 amide bonds. The molecule has 2 aromatic carbocycles. The number of methoxy groups -OCH3 is 1. The summed E-state index contributed by atoms with van der Waals surface area (Å²) in [7, 11) is 3.64. The van der Waals surface area contributed by atoms with Crippen LogP contribution in [0.15, 0.2) is 51.7 Å². The summed E-state index contributed by atoms with van der Waals surface area (Å²) in [6.45, 7) is 5.59. The summed E-state index contributed by atoms with van der Waals surface area (Å²) in [4.78, 5) is 17.7. The zero-order chi connectivity index (χ0) is 22.9. The van der Waals surface area contributed by atoms with Gasteiger partial charge in [0, 0.05) is 62.7 Å². The molecule has 1 saturated heterocycles. The number of anilines is 1. The van der Waals surface area contributed by atoms with Crippen molar-refractivity contribution in [2.75, 3.05) is 58.3 Å². The first-order valence-corrected chi connectivity index (χ1v) is 11.4. The number of rotatable bonds is 4. The molecule has 2 aliphatic heterocycles. The van der Waals surface area contributed by atoms with Gasteiger partial charge in [0.2, 0.25) is 0 Å². The molecular formula is C26H29N3O4. The van der Waals surface area contributed by atoms with E-state index >= 15 is 0 Å². The highest BCUT2D eigenvalue weighted by Crippen LogP contribution is 2.41. The average Bonchev–Trinajstić information content (AvgIpc) is 2.85. The van der Waals surface area contributed by atoms with Crippen LogP contribution in [-0.4, -0.2) is 63.4 Å². The third kappa shape index (κ3) is 4.10. The van der Waals surface area contributed by atoms with Crippen LogP contribution in [0.5, 0.6) is 11.5 Å². The van der Waals surface area contributed by atoms with Crippen molar-refractivity contribution < 1.29 is 14.3 Å². The average molecular weight is 448 g/mol. The fourth-order valence-corrected chi connectivity index (χ4v) is 4.66. The van der Waals surface area contributed by atoms with Gasteiger partial charge in [-0.05, 0) is 43.3 Å². The van der Waals surface area contributed by atoms with E-state index in [1.165, 1.54) is 12.1 Å². The van der Waals surface area contributed by atoms with Crippen molar-refractivity contribution in [2.24, 2.45) is 0 Å². The number of aromatic hydroxyl groups is 1. The van der Waals surface area contributed by atoms with E-state index in [-0.39, 0.29) is 16.6 Å². The number of piperazine rings is 1. The van der Waals surface area contributed by atoms with E-state index < -0.39 is 0 Å². The number of nitrogens with zero attached hydrogens (tertiary/aromatic N) is 2. The van der Waals surface area contributed by atoms with Gasteiger partial charge in [-0.3, -0.25) is 4.79 Å². The zero-order valence-corrected chi connectivity index (χ0v) is 19.1. The van der Waals surface area contributed by atoms with E-state index in [9.17, 15) is 9.90 Å². The van der Waals surface area contributed by atoms with Gasteiger partial charge in [-0.2, -0.15) is 0 Å². The molecule has 2 N–H and O–H groups in total. The van der Waals surface area contributed by atoms with Gasteiger partial charge in [0.05, 0.1) is 12.7 Å².